The number of amides is 2. The van der Waals surface area contributed by atoms with Crippen molar-refractivity contribution in [2.24, 2.45) is 5.92 Å². The van der Waals surface area contributed by atoms with Crippen LogP contribution in [0.25, 0.3) is 0 Å². The number of allylic oxidation sites excluding steroid dienone is 2. The summed E-state index contributed by atoms with van der Waals surface area (Å²) in [7, 11) is 0. The third-order valence-corrected chi connectivity index (χ3v) is 5.52. The van der Waals surface area contributed by atoms with Crippen molar-refractivity contribution in [3.8, 4) is 0 Å². The lowest BCUT2D eigenvalue weighted by Crippen LogP contribution is -2.45. The van der Waals surface area contributed by atoms with E-state index in [1.54, 1.807) is 0 Å². The van der Waals surface area contributed by atoms with Gasteiger partial charge in [0.05, 0.1) is 6.54 Å². The quantitative estimate of drug-likeness (QED) is 0.593. The van der Waals surface area contributed by atoms with Crippen molar-refractivity contribution >= 4 is 11.8 Å². The van der Waals surface area contributed by atoms with Crippen molar-refractivity contribution in [3.05, 3.63) is 11.8 Å². The van der Waals surface area contributed by atoms with Gasteiger partial charge in [-0.05, 0) is 71.9 Å². The lowest BCUT2D eigenvalue weighted by atomic mass is 9.96. The Bertz CT molecular complexity index is 499. The van der Waals surface area contributed by atoms with E-state index in [4.69, 9.17) is 4.74 Å². The lowest BCUT2D eigenvalue weighted by molar-refractivity contribution is -0.131. The summed E-state index contributed by atoms with van der Waals surface area (Å²) in [5, 5.41) is 3.02. The highest BCUT2D eigenvalue weighted by molar-refractivity contribution is 5.80. The highest BCUT2D eigenvalue weighted by Gasteiger charge is 2.27. The first-order valence-corrected chi connectivity index (χ1v) is 10.7. The minimum Gasteiger partial charge on any atom is -0.382 e. The maximum absolute atomic E-state index is 12.7. The third kappa shape index (κ3) is 7.26. The van der Waals surface area contributed by atoms with E-state index in [0.29, 0.717) is 19.7 Å². The molecule has 6 heteroatoms. The van der Waals surface area contributed by atoms with Gasteiger partial charge in [-0.2, -0.15) is 0 Å². The molecule has 1 saturated heterocycles. The maximum Gasteiger partial charge on any atom is 0.240 e. The summed E-state index contributed by atoms with van der Waals surface area (Å²) in [6.07, 6.45) is 9.27. The molecule has 1 fully saturated rings. The SMILES string of the molecule is CCOCCCNC(=O)C1CCN(CC(=O)N(CC)C2=CCCCC2)CC1. The van der Waals surface area contributed by atoms with Crippen LogP contribution in [0.2, 0.25) is 0 Å². The van der Waals surface area contributed by atoms with Crippen molar-refractivity contribution in [1.82, 2.24) is 15.1 Å². The van der Waals surface area contributed by atoms with Crippen molar-refractivity contribution in [2.75, 3.05) is 45.9 Å². The van der Waals surface area contributed by atoms with Gasteiger partial charge in [0.1, 0.15) is 0 Å². The number of nitrogens with zero attached hydrogens (tertiary/aromatic N) is 2. The zero-order valence-electron chi connectivity index (χ0n) is 17.2. The highest BCUT2D eigenvalue weighted by atomic mass is 16.5. The van der Waals surface area contributed by atoms with Crippen LogP contribution in [0.15, 0.2) is 11.8 Å². The van der Waals surface area contributed by atoms with Gasteiger partial charge in [0, 0.05) is 37.9 Å². The lowest BCUT2D eigenvalue weighted by Gasteiger charge is -2.33. The molecule has 6 nitrogen and oxygen atoms in total. The molecule has 0 aromatic rings. The summed E-state index contributed by atoms with van der Waals surface area (Å²) >= 11 is 0. The predicted molar refractivity (Wildman–Crippen MR) is 107 cm³/mol. The average Bonchev–Trinajstić information content (AvgIpc) is 2.69. The smallest absolute Gasteiger partial charge is 0.240 e. The topological polar surface area (TPSA) is 61.9 Å². The molecule has 1 aliphatic carbocycles. The fraction of sp³-hybridized carbons (Fsp3) is 0.810. The maximum atomic E-state index is 12.7. The molecule has 0 aromatic carbocycles. The number of nitrogens with one attached hydrogen (secondary N) is 1. The van der Waals surface area contributed by atoms with Gasteiger partial charge in [0.15, 0.2) is 0 Å². The molecule has 2 rings (SSSR count). The van der Waals surface area contributed by atoms with E-state index >= 15 is 0 Å². The number of carbonyl (C=O) groups excluding carboxylic acids is 2. The predicted octanol–water partition coefficient (Wildman–Crippen LogP) is 2.55. The highest BCUT2D eigenvalue weighted by Crippen LogP contribution is 2.22. The van der Waals surface area contributed by atoms with E-state index in [1.807, 2.05) is 11.8 Å². The number of hydrogen-bond acceptors (Lipinski definition) is 4. The van der Waals surface area contributed by atoms with E-state index in [-0.39, 0.29) is 17.7 Å². The molecular formula is C21H37N3O3. The number of rotatable bonds is 10. The molecule has 0 unspecified atom stereocenters. The van der Waals surface area contributed by atoms with Gasteiger partial charge in [-0.15, -0.1) is 0 Å². The molecule has 1 aliphatic heterocycles. The second kappa shape index (κ2) is 12.1. The molecule has 1 heterocycles. The summed E-state index contributed by atoms with van der Waals surface area (Å²) in [6.45, 7) is 8.97. The van der Waals surface area contributed by atoms with E-state index < -0.39 is 0 Å². The summed E-state index contributed by atoms with van der Waals surface area (Å²) in [5.74, 6) is 0.427. The van der Waals surface area contributed by atoms with Crippen LogP contribution < -0.4 is 5.32 Å². The minimum absolute atomic E-state index is 0.0757. The van der Waals surface area contributed by atoms with E-state index in [0.717, 1.165) is 58.3 Å². The Balaban J connectivity index is 1.69. The zero-order valence-corrected chi connectivity index (χ0v) is 17.2. The van der Waals surface area contributed by atoms with Gasteiger partial charge in [0.25, 0.3) is 0 Å². The molecule has 1 N–H and O–H groups in total. The Hall–Kier alpha value is -1.40. The Kier molecular flexibility index (Phi) is 9.84. The Morgan fingerprint density at radius 1 is 1.26 bits per heavy atom. The molecule has 0 radical (unpaired) electrons. The molecule has 0 spiro atoms. The van der Waals surface area contributed by atoms with Gasteiger partial charge >= 0.3 is 0 Å². The first kappa shape index (κ1) is 21.9. The van der Waals surface area contributed by atoms with Crippen molar-refractivity contribution in [1.29, 1.82) is 0 Å². The summed E-state index contributed by atoms with van der Waals surface area (Å²) in [6, 6.07) is 0. The summed E-state index contributed by atoms with van der Waals surface area (Å²) in [5.41, 5.74) is 1.20. The minimum atomic E-state index is 0.0757. The first-order valence-electron chi connectivity index (χ1n) is 10.7. The van der Waals surface area contributed by atoms with Gasteiger partial charge in [-0.25, -0.2) is 0 Å². The second-order valence-electron chi connectivity index (χ2n) is 7.47. The van der Waals surface area contributed by atoms with Crippen LogP contribution in [-0.4, -0.2) is 67.6 Å². The van der Waals surface area contributed by atoms with Gasteiger partial charge in [-0.1, -0.05) is 6.08 Å². The number of piperidine rings is 1. The van der Waals surface area contributed by atoms with Crippen LogP contribution in [0.3, 0.4) is 0 Å². The van der Waals surface area contributed by atoms with E-state index in [9.17, 15) is 9.59 Å². The zero-order chi connectivity index (χ0) is 19.5. The fourth-order valence-electron chi connectivity index (χ4n) is 3.91. The van der Waals surface area contributed by atoms with Gasteiger partial charge in [0.2, 0.25) is 11.8 Å². The first-order chi connectivity index (χ1) is 13.2. The Morgan fingerprint density at radius 2 is 2.04 bits per heavy atom. The van der Waals surface area contributed by atoms with Crippen LogP contribution in [0, 0.1) is 5.92 Å². The average molecular weight is 380 g/mol. The summed E-state index contributed by atoms with van der Waals surface area (Å²) in [4.78, 5) is 29.2. The van der Waals surface area contributed by atoms with E-state index in [1.165, 1.54) is 18.5 Å². The molecule has 27 heavy (non-hydrogen) atoms. The van der Waals surface area contributed by atoms with Gasteiger partial charge < -0.3 is 15.0 Å². The van der Waals surface area contributed by atoms with Crippen LogP contribution in [-0.2, 0) is 14.3 Å². The largest absolute Gasteiger partial charge is 0.382 e. The Labute approximate surface area is 164 Å². The molecule has 2 amide bonds. The van der Waals surface area contributed by atoms with E-state index in [2.05, 4.69) is 23.2 Å². The monoisotopic (exact) mass is 379 g/mol. The number of likely N-dealkylation sites (tertiary alicyclic amines) is 1. The fourth-order valence-corrected chi connectivity index (χ4v) is 3.91. The van der Waals surface area contributed by atoms with Crippen LogP contribution in [0.1, 0.15) is 58.8 Å². The molecule has 2 aliphatic rings. The molecule has 0 saturated carbocycles. The van der Waals surface area contributed by atoms with Crippen molar-refractivity contribution < 1.29 is 14.3 Å². The number of hydrogen-bond donors (Lipinski definition) is 1. The third-order valence-electron chi connectivity index (χ3n) is 5.52. The molecule has 154 valence electrons. The number of ether oxygens (including phenoxy) is 1. The molecule has 0 atom stereocenters. The molecule has 0 aromatic heterocycles. The normalized spacial score (nSPS) is 18.8. The van der Waals surface area contributed by atoms with Crippen molar-refractivity contribution in [3.63, 3.8) is 0 Å². The van der Waals surface area contributed by atoms with Crippen LogP contribution in [0.4, 0.5) is 0 Å². The van der Waals surface area contributed by atoms with Crippen LogP contribution in [0.5, 0.6) is 0 Å². The Morgan fingerprint density at radius 3 is 2.67 bits per heavy atom. The summed E-state index contributed by atoms with van der Waals surface area (Å²) < 4.78 is 5.29. The van der Waals surface area contributed by atoms with Gasteiger partial charge in [-0.3, -0.25) is 14.5 Å². The standard InChI is InChI=1S/C21H37N3O3/c1-3-24(19-9-6-5-7-10-19)20(25)17-23-14-11-18(12-15-23)21(26)22-13-8-16-27-4-2/h9,18H,3-8,10-17H2,1-2H3,(H,22,26). The van der Waals surface area contributed by atoms with Crippen molar-refractivity contribution in [2.45, 2.75) is 58.8 Å². The molecular weight excluding hydrogens is 342 g/mol. The van der Waals surface area contributed by atoms with Crippen LogP contribution >= 0.6 is 0 Å². The second-order valence-corrected chi connectivity index (χ2v) is 7.47. The number of carbonyl (C=O) groups is 2. The molecule has 0 bridgehead atoms. The number of likely N-dealkylation sites (N-methyl/N-ethyl adjacent to an activating group) is 1.